The molecule has 8 nitrogen and oxygen atoms in total. The molecule has 0 bridgehead atoms. The summed E-state index contributed by atoms with van der Waals surface area (Å²) in [6.07, 6.45) is 3.99. The number of esters is 1. The van der Waals surface area contributed by atoms with Gasteiger partial charge in [0.1, 0.15) is 5.54 Å². The van der Waals surface area contributed by atoms with Crippen LogP contribution in [0.3, 0.4) is 0 Å². The van der Waals surface area contributed by atoms with E-state index in [2.05, 4.69) is 10.6 Å². The smallest absolute Gasteiger partial charge is 0.325 e. The molecule has 1 aliphatic heterocycles. The van der Waals surface area contributed by atoms with Gasteiger partial charge in [-0.2, -0.15) is 0 Å². The number of aryl methyl sites for hydroxylation is 1. The number of urea groups is 1. The van der Waals surface area contributed by atoms with Crippen LogP contribution in [0.4, 0.5) is 10.5 Å². The topological polar surface area (TPSA) is 105 Å². The Morgan fingerprint density at radius 2 is 1.82 bits per heavy atom. The van der Waals surface area contributed by atoms with Crippen molar-refractivity contribution in [2.75, 3.05) is 18.5 Å². The molecule has 0 aromatic heterocycles. The van der Waals surface area contributed by atoms with Crippen LogP contribution in [0, 0.1) is 6.92 Å². The van der Waals surface area contributed by atoms with Gasteiger partial charge in [0.25, 0.3) is 11.8 Å². The number of rotatable bonds is 6. The van der Waals surface area contributed by atoms with Crippen LogP contribution in [-0.2, 0) is 19.1 Å². The summed E-state index contributed by atoms with van der Waals surface area (Å²) in [6, 6.07) is 6.77. The largest absolute Gasteiger partial charge is 0.456 e. The van der Waals surface area contributed by atoms with Gasteiger partial charge in [0.05, 0.1) is 6.42 Å². The van der Waals surface area contributed by atoms with Crippen LogP contribution in [0.1, 0.15) is 44.1 Å². The molecule has 1 aliphatic carbocycles. The molecular weight excluding hydrogens is 362 g/mol. The van der Waals surface area contributed by atoms with Crippen molar-refractivity contribution in [3.63, 3.8) is 0 Å². The number of nitrogens with one attached hydrogen (secondary N) is 2. The summed E-state index contributed by atoms with van der Waals surface area (Å²) < 4.78 is 4.95. The summed E-state index contributed by atoms with van der Waals surface area (Å²) in [5.41, 5.74) is 0.886. The second-order valence-electron chi connectivity index (χ2n) is 7.35. The molecule has 2 fully saturated rings. The second-order valence-corrected chi connectivity index (χ2v) is 7.35. The summed E-state index contributed by atoms with van der Waals surface area (Å²) in [4.78, 5) is 49.6. The molecule has 2 N–H and O–H groups in total. The van der Waals surface area contributed by atoms with Gasteiger partial charge in [-0.3, -0.25) is 19.3 Å². The Kier molecular flexibility index (Phi) is 5.96. The Labute approximate surface area is 163 Å². The van der Waals surface area contributed by atoms with E-state index < -0.39 is 30.1 Å². The highest BCUT2D eigenvalue weighted by Gasteiger charge is 2.51. The van der Waals surface area contributed by atoms with Crippen molar-refractivity contribution in [3.8, 4) is 0 Å². The molecule has 1 saturated heterocycles. The predicted molar refractivity (Wildman–Crippen MR) is 101 cm³/mol. The number of hydrogen-bond acceptors (Lipinski definition) is 5. The molecule has 0 radical (unpaired) electrons. The van der Waals surface area contributed by atoms with Crippen molar-refractivity contribution in [1.82, 2.24) is 10.2 Å². The molecule has 0 atom stereocenters. The number of imide groups is 1. The zero-order valence-corrected chi connectivity index (χ0v) is 16.0. The lowest BCUT2D eigenvalue weighted by molar-refractivity contribution is -0.147. The van der Waals surface area contributed by atoms with E-state index in [-0.39, 0.29) is 18.9 Å². The molecule has 1 heterocycles. The molecule has 8 heteroatoms. The molecule has 1 saturated carbocycles. The lowest BCUT2D eigenvalue weighted by Gasteiger charge is -2.30. The zero-order valence-electron chi connectivity index (χ0n) is 16.0. The van der Waals surface area contributed by atoms with E-state index in [1.54, 1.807) is 12.1 Å². The Morgan fingerprint density at radius 1 is 1.14 bits per heavy atom. The predicted octanol–water partition coefficient (Wildman–Crippen LogP) is 2.12. The van der Waals surface area contributed by atoms with Gasteiger partial charge in [-0.25, -0.2) is 4.79 Å². The van der Waals surface area contributed by atoms with Crippen molar-refractivity contribution in [2.45, 2.75) is 51.0 Å². The fourth-order valence-electron chi connectivity index (χ4n) is 3.63. The molecule has 1 aromatic carbocycles. The summed E-state index contributed by atoms with van der Waals surface area (Å²) in [6.45, 7) is 1.47. The van der Waals surface area contributed by atoms with Crippen LogP contribution in [0.15, 0.2) is 24.3 Å². The van der Waals surface area contributed by atoms with Gasteiger partial charge >= 0.3 is 12.0 Å². The molecule has 4 amide bonds. The standard InChI is InChI=1S/C20H25N3O5/c1-14-5-7-15(8-6-14)21-16(24)13-28-17(25)9-12-23-18(26)20(22-19(23)27)10-3-2-4-11-20/h5-8H,2-4,9-13H2,1H3,(H,21,24)(H,22,27). The van der Waals surface area contributed by atoms with E-state index in [9.17, 15) is 19.2 Å². The molecule has 0 unspecified atom stereocenters. The molecule has 3 rings (SSSR count). The van der Waals surface area contributed by atoms with Gasteiger partial charge in [-0.05, 0) is 31.9 Å². The summed E-state index contributed by atoms with van der Waals surface area (Å²) in [5, 5.41) is 5.43. The molecule has 150 valence electrons. The summed E-state index contributed by atoms with van der Waals surface area (Å²) in [7, 11) is 0. The highest BCUT2D eigenvalue weighted by molar-refractivity contribution is 6.07. The summed E-state index contributed by atoms with van der Waals surface area (Å²) in [5.74, 6) is -1.35. The van der Waals surface area contributed by atoms with Gasteiger partial charge in [0.15, 0.2) is 6.61 Å². The third kappa shape index (κ3) is 4.49. The Balaban J connectivity index is 1.42. The van der Waals surface area contributed by atoms with Gasteiger partial charge in [0.2, 0.25) is 0 Å². The van der Waals surface area contributed by atoms with E-state index in [0.29, 0.717) is 18.5 Å². The fraction of sp³-hybridized carbons (Fsp3) is 0.500. The summed E-state index contributed by atoms with van der Waals surface area (Å²) >= 11 is 0. The van der Waals surface area contributed by atoms with E-state index in [1.807, 2.05) is 19.1 Å². The van der Waals surface area contributed by atoms with Gasteiger partial charge in [0, 0.05) is 12.2 Å². The number of ether oxygens (including phenoxy) is 1. The molecule has 1 spiro atoms. The van der Waals surface area contributed by atoms with E-state index in [4.69, 9.17) is 4.74 Å². The second kappa shape index (κ2) is 8.41. The average molecular weight is 387 g/mol. The highest BCUT2D eigenvalue weighted by Crippen LogP contribution is 2.33. The SMILES string of the molecule is Cc1ccc(NC(=O)COC(=O)CCN2C(=O)NC3(CCCCC3)C2=O)cc1. The van der Waals surface area contributed by atoms with Gasteiger partial charge in [-0.15, -0.1) is 0 Å². The van der Waals surface area contributed by atoms with Crippen LogP contribution in [0.5, 0.6) is 0 Å². The first-order chi connectivity index (χ1) is 13.4. The lowest BCUT2D eigenvalue weighted by atomic mass is 9.82. The van der Waals surface area contributed by atoms with E-state index >= 15 is 0 Å². The number of hydrogen-bond donors (Lipinski definition) is 2. The Hall–Kier alpha value is -2.90. The highest BCUT2D eigenvalue weighted by atomic mass is 16.5. The van der Waals surface area contributed by atoms with Crippen molar-refractivity contribution in [3.05, 3.63) is 29.8 Å². The van der Waals surface area contributed by atoms with Crippen LogP contribution in [0.25, 0.3) is 0 Å². The maximum atomic E-state index is 12.6. The Morgan fingerprint density at radius 3 is 2.50 bits per heavy atom. The van der Waals surface area contributed by atoms with Crippen LogP contribution in [-0.4, -0.2) is 47.4 Å². The van der Waals surface area contributed by atoms with E-state index in [1.165, 1.54) is 0 Å². The molecule has 28 heavy (non-hydrogen) atoms. The van der Waals surface area contributed by atoms with Crippen molar-refractivity contribution < 1.29 is 23.9 Å². The van der Waals surface area contributed by atoms with Crippen molar-refractivity contribution >= 4 is 29.5 Å². The number of anilines is 1. The average Bonchev–Trinajstić information content (AvgIpc) is 2.90. The number of carbonyl (C=O) groups excluding carboxylic acids is 4. The van der Waals surface area contributed by atoms with Crippen molar-refractivity contribution in [2.24, 2.45) is 0 Å². The maximum Gasteiger partial charge on any atom is 0.325 e. The van der Waals surface area contributed by atoms with Crippen LogP contribution >= 0.6 is 0 Å². The Bertz CT molecular complexity index is 769. The van der Waals surface area contributed by atoms with E-state index in [0.717, 1.165) is 29.7 Å². The zero-order chi connectivity index (χ0) is 20.1. The van der Waals surface area contributed by atoms with Crippen molar-refractivity contribution in [1.29, 1.82) is 0 Å². The normalized spacial score (nSPS) is 18.1. The fourth-order valence-corrected chi connectivity index (χ4v) is 3.63. The van der Waals surface area contributed by atoms with Crippen LogP contribution in [0.2, 0.25) is 0 Å². The first kappa shape index (κ1) is 19.9. The minimum Gasteiger partial charge on any atom is -0.456 e. The first-order valence-electron chi connectivity index (χ1n) is 9.56. The quantitative estimate of drug-likeness (QED) is 0.575. The molecule has 2 aliphatic rings. The third-order valence-electron chi connectivity index (χ3n) is 5.19. The first-order valence-corrected chi connectivity index (χ1v) is 9.56. The van der Waals surface area contributed by atoms with Gasteiger partial charge in [-0.1, -0.05) is 37.0 Å². The number of amides is 4. The number of carbonyl (C=O) groups is 4. The maximum absolute atomic E-state index is 12.6. The van der Waals surface area contributed by atoms with Gasteiger partial charge < -0.3 is 15.4 Å². The van der Waals surface area contributed by atoms with Crippen LogP contribution < -0.4 is 10.6 Å². The molecular formula is C20H25N3O5. The third-order valence-corrected chi connectivity index (χ3v) is 5.19. The lowest BCUT2D eigenvalue weighted by Crippen LogP contribution is -2.48. The minimum atomic E-state index is -0.798. The monoisotopic (exact) mass is 387 g/mol. The minimum absolute atomic E-state index is 0.0508. The number of benzene rings is 1. The number of nitrogens with zero attached hydrogens (tertiary/aromatic N) is 1. The molecule has 1 aromatic rings.